The maximum absolute atomic E-state index is 14.1. The number of para-hydroxylation sites is 1. The molecule has 0 spiro atoms. The van der Waals surface area contributed by atoms with E-state index in [1.807, 2.05) is 43.0 Å². The first-order valence-corrected chi connectivity index (χ1v) is 16.3. The van der Waals surface area contributed by atoms with E-state index in [0.29, 0.717) is 17.8 Å². The van der Waals surface area contributed by atoms with Gasteiger partial charge in [-0.15, -0.1) is 11.3 Å². The molecule has 3 saturated heterocycles. The number of aliphatic hydroxyl groups is 1. The van der Waals surface area contributed by atoms with Crippen molar-refractivity contribution in [1.29, 1.82) is 0 Å². The molecule has 5 rings (SSSR count). The van der Waals surface area contributed by atoms with Crippen LogP contribution in [0.2, 0.25) is 0 Å². The number of carbonyl (C=O) groups is 3. The van der Waals surface area contributed by atoms with Crippen LogP contribution in [0.25, 0.3) is 16.3 Å². The Balaban J connectivity index is 1.43. The number of piperazine rings is 1. The van der Waals surface area contributed by atoms with Crippen LogP contribution in [0, 0.1) is 11.3 Å². The molecule has 1 aromatic heterocycles. The van der Waals surface area contributed by atoms with Gasteiger partial charge in [-0.2, -0.15) is 5.06 Å². The summed E-state index contributed by atoms with van der Waals surface area (Å²) in [5, 5.41) is 11.2. The highest BCUT2D eigenvalue weighted by atomic mass is 32.1. The van der Waals surface area contributed by atoms with Crippen LogP contribution < -0.4 is 0 Å². The number of hydrogen-bond donors (Lipinski definition) is 1. The van der Waals surface area contributed by atoms with E-state index in [1.54, 1.807) is 11.0 Å². The van der Waals surface area contributed by atoms with Crippen molar-refractivity contribution < 1.29 is 24.3 Å². The van der Waals surface area contributed by atoms with E-state index in [9.17, 15) is 14.4 Å². The first-order valence-electron chi connectivity index (χ1n) is 15.4. The molecule has 2 aromatic rings. The highest BCUT2D eigenvalue weighted by molar-refractivity contribution is 7.19. The molecular weight excluding hydrogens is 566 g/mol. The van der Waals surface area contributed by atoms with Crippen molar-refractivity contribution in [3.63, 3.8) is 0 Å². The number of amides is 3. The summed E-state index contributed by atoms with van der Waals surface area (Å²) in [5.41, 5.74) is 0.650. The molecule has 3 aliphatic rings. The van der Waals surface area contributed by atoms with Crippen LogP contribution in [-0.2, 0) is 19.2 Å². The number of thiazole rings is 1. The Labute approximate surface area is 258 Å². The van der Waals surface area contributed by atoms with Gasteiger partial charge < -0.3 is 14.9 Å². The SMILES string of the molecule is CC(C)C[C@H]1ON(C(=O)/C=C/c2nc3ccccc3s2)[C@H]2CN(C3CN(CCCCO)C3)C(=O)[C@H](CC(C)(C)C)N2C1=O. The van der Waals surface area contributed by atoms with Gasteiger partial charge in [0.2, 0.25) is 5.91 Å². The van der Waals surface area contributed by atoms with Gasteiger partial charge in [0.1, 0.15) is 11.0 Å². The van der Waals surface area contributed by atoms with E-state index in [4.69, 9.17) is 9.94 Å². The number of hydrogen-bond acceptors (Lipinski definition) is 8. The highest BCUT2D eigenvalue weighted by Gasteiger charge is 2.55. The Morgan fingerprint density at radius 1 is 1.14 bits per heavy atom. The molecular formula is C32H45N5O5S. The predicted octanol–water partition coefficient (Wildman–Crippen LogP) is 3.76. The number of unbranched alkanes of at least 4 members (excludes halogenated alkanes) is 1. The maximum Gasteiger partial charge on any atom is 0.272 e. The number of rotatable bonds is 10. The standard InChI is InChI=1S/C32H45N5O5S/c1-21(2)16-25-31(41)36-24(17-32(3,4)5)30(40)35(22-18-34(19-22)14-8-9-15-38)20-28(36)37(42-25)29(39)13-12-27-33-23-10-6-7-11-26(23)43-27/h6-7,10-13,21-22,24-25,28,38H,8-9,14-20H2,1-5H3/b13-12+/t24-,25+,28-/m0/s1. The van der Waals surface area contributed by atoms with Crippen molar-refractivity contribution in [2.24, 2.45) is 11.3 Å². The third kappa shape index (κ3) is 7.11. The first kappa shape index (κ1) is 31.6. The van der Waals surface area contributed by atoms with Crippen molar-refractivity contribution in [2.45, 2.75) is 84.7 Å². The fourth-order valence-corrected chi connectivity index (χ4v) is 7.06. The average molecular weight is 612 g/mol. The minimum atomic E-state index is -0.844. The van der Waals surface area contributed by atoms with E-state index < -0.39 is 18.3 Å². The summed E-state index contributed by atoms with van der Waals surface area (Å²) >= 11 is 1.50. The Hall–Kier alpha value is -2.86. The van der Waals surface area contributed by atoms with Crippen molar-refractivity contribution in [1.82, 2.24) is 24.7 Å². The topological polar surface area (TPSA) is 107 Å². The first-order chi connectivity index (χ1) is 20.4. The second-order valence-electron chi connectivity index (χ2n) is 13.6. The quantitative estimate of drug-likeness (QED) is 0.322. The second kappa shape index (κ2) is 13.0. The molecule has 3 fully saturated rings. The molecule has 4 heterocycles. The number of carbonyl (C=O) groups excluding carboxylic acids is 3. The lowest BCUT2D eigenvalue weighted by Crippen LogP contribution is -2.76. The molecule has 1 aromatic carbocycles. The third-order valence-corrected chi connectivity index (χ3v) is 9.28. The number of likely N-dealkylation sites (tertiary alicyclic amines) is 1. The van der Waals surface area contributed by atoms with Gasteiger partial charge in [-0.3, -0.25) is 24.1 Å². The minimum absolute atomic E-state index is 0.00461. The van der Waals surface area contributed by atoms with E-state index in [1.165, 1.54) is 22.5 Å². The number of fused-ring (bicyclic) bond motifs is 2. The number of nitrogens with zero attached hydrogens (tertiary/aromatic N) is 5. The van der Waals surface area contributed by atoms with Gasteiger partial charge in [0.05, 0.1) is 22.8 Å². The van der Waals surface area contributed by atoms with Crippen LogP contribution in [0.1, 0.15) is 65.3 Å². The summed E-state index contributed by atoms with van der Waals surface area (Å²) in [6.07, 6.45) is 4.18. The molecule has 43 heavy (non-hydrogen) atoms. The number of aromatic nitrogens is 1. The second-order valence-corrected chi connectivity index (χ2v) is 14.6. The number of benzene rings is 1. The van der Waals surface area contributed by atoms with Crippen LogP contribution in [0.3, 0.4) is 0 Å². The Bertz CT molecular complexity index is 1310. The summed E-state index contributed by atoms with van der Waals surface area (Å²) in [5.74, 6) is -0.495. The van der Waals surface area contributed by atoms with Crippen LogP contribution >= 0.6 is 11.3 Å². The van der Waals surface area contributed by atoms with Gasteiger partial charge in [-0.1, -0.05) is 46.8 Å². The molecule has 1 N–H and O–H groups in total. The zero-order valence-electron chi connectivity index (χ0n) is 25.9. The molecule has 11 heteroatoms. The van der Waals surface area contributed by atoms with Crippen LogP contribution in [0.15, 0.2) is 30.3 Å². The van der Waals surface area contributed by atoms with Gasteiger partial charge >= 0.3 is 0 Å². The Kier molecular flexibility index (Phi) is 9.55. The summed E-state index contributed by atoms with van der Waals surface area (Å²) in [6.45, 7) is 13.0. The monoisotopic (exact) mass is 611 g/mol. The summed E-state index contributed by atoms with van der Waals surface area (Å²) in [7, 11) is 0. The molecule has 0 bridgehead atoms. The Morgan fingerprint density at radius 2 is 1.88 bits per heavy atom. The number of aliphatic hydroxyl groups excluding tert-OH is 1. The van der Waals surface area contributed by atoms with Crippen molar-refractivity contribution in [2.75, 3.05) is 32.8 Å². The molecule has 3 amide bonds. The third-order valence-electron chi connectivity index (χ3n) is 8.27. The molecule has 10 nitrogen and oxygen atoms in total. The normalized spacial score (nSPS) is 24.0. The zero-order valence-corrected chi connectivity index (χ0v) is 26.8. The number of hydroxylamine groups is 2. The van der Waals surface area contributed by atoms with E-state index in [2.05, 4.69) is 30.7 Å². The van der Waals surface area contributed by atoms with Gasteiger partial charge in [0, 0.05) is 25.8 Å². The molecule has 0 unspecified atom stereocenters. The maximum atomic E-state index is 14.1. The summed E-state index contributed by atoms with van der Waals surface area (Å²) in [4.78, 5) is 58.6. The van der Waals surface area contributed by atoms with Crippen molar-refractivity contribution in [3.05, 3.63) is 35.3 Å². The fraction of sp³-hybridized carbons (Fsp3) is 0.625. The largest absolute Gasteiger partial charge is 0.396 e. The lowest BCUT2D eigenvalue weighted by molar-refractivity contribution is -0.276. The molecule has 234 valence electrons. The molecule has 3 atom stereocenters. The lowest BCUT2D eigenvalue weighted by Gasteiger charge is -2.57. The van der Waals surface area contributed by atoms with Crippen LogP contribution in [0.4, 0.5) is 0 Å². The minimum Gasteiger partial charge on any atom is -0.396 e. The lowest BCUT2D eigenvalue weighted by atomic mass is 9.84. The van der Waals surface area contributed by atoms with Crippen molar-refractivity contribution in [3.8, 4) is 0 Å². The summed E-state index contributed by atoms with van der Waals surface area (Å²) < 4.78 is 1.04. The van der Waals surface area contributed by atoms with E-state index >= 15 is 0 Å². The molecule has 0 radical (unpaired) electrons. The van der Waals surface area contributed by atoms with Crippen LogP contribution in [0.5, 0.6) is 0 Å². The van der Waals surface area contributed by atoms with Gasteiger partial charge in [-0.25, -0.2) is 4.98 Å². The van der Waals surface area contributed by atoms with Gasteiger partial charge in [0.25, 0.3) is 11.8 Å². The average Bonchev–Trinajstić information content (AvgIpc) is 3.34. The molecule has 0 saturated carbocycles. The molecule has 3 aliphatic heterocycles. The summed E-state index contributed by atoms with van der Waals surface area (Å²) in [6, 6.07) is 7.15. The zero-order chi connectivity index (χ0) is 30.9. The highest BCUT2D eigenvalue weighted by Crippen LogP contribution is 2.36. The van der Waals surface area contributed by atoms with E-state index in [0.717, 1.165) is 42.7 Å². The fourth-order valence-electron chi connectivity index (χ4n) is 6.19. The van der Waals surface area contributed by atoms with Gasteiger partial charge in [0.15, 0.2) is 12.3 Å². The predicted molar refractivity (Wildman–Crippen MR) is 167 cm³/mol. The Morgan fingerprint density at radius 3 is 2.56 bits per heavy atom. The van der Waals surface area contributed by atoms with E-state index in [-0.39, 0.29) is 48.2 Å². The molecule has 0 aliphatic carbocycles. The van der Waals surface area contributed by atoms with Crippen molar-refractivity contribution >= 4 is 45.4 Å². The van der Waals surface area contributed by atoms with Crippen LogP contribution in [-0.4, -0.2) is 105 Å². The van der Waals surface area contributed by atoms with Gasteiger partial charge in [-0.05, 0) is 61.8 Å². The smallest absolute Gasteiger partial charge is 0.272 e.